The molecule has 0 saturated carbocycles. The fourth-order valence-corrected chi connectivity index (χ4v) is 3.80. The van der Waals surface area contributed by atoms with Gasteiger partial charge in [0.1, 0.15) is 0 Å². The maximum absolute atomic E-state index is 12.8. The van der Waals surface area contributed by atoms with Crippen LogP contribution in [0.15, 0.2) is 42.5 Å². The lowest BCUT2D eigenvalue weighted by molar-refractivity contribution is 0.0843. The van der Waals surface area contributed by atoms with Gasteiger partial charge in [-0.15, -0.1) is 0 Å². The van der Waals surface area contributed by atoms with E-state index in [1.54, 1.807) is 18.2 Å². The van der Waals surface area contributed by atoms with Crippen LogP contribution in [0, 0.1) is 6.92 Å². The third-order valence-electron chi connectivity index (χ3n) is 5.35. The molecule has 2 N–H and O–H groups in total. The van der Waals surface area contributed by atoms with Gasteiger partial charge < -0.3 is 9.47 Å². The first-order chi connectivity index (χ1) is 14.6. The molecule has 8 heteroatoms. The number of hydrazine groups is 1. The average molecular weight is 404 g/mol. The fourth-order valence-electron chi connectivity index (χ4n) is 3.80. The number of carbonyl (C=O) groups is 2. The molecule has 0 saturated heterocycles. The van der Waals surface area contributed by atoms with Gasteiger partial charge in [0.2, 0.25) is 6.79 Å². The number of ether oxygens (including phenoxy) is 2. The topological polar surface area (TPSA) is 94.5 Å². The summed E-state index contributed by atoms with van der Waals surface area (Å²) in [6.45, 7) is 2.16. The summed E-state index contributed by atoms with van der Waals surface area (Å²) < 4.78 is 12.4. The van der Waals surface area contributed by atoms with E-state index in [-0.39, 0.29) is 6.79 Å². The smallest absolute Gasteiger partial charge is 0.290 e. The number of aryl methyl sites for hydroxylation is 1. The van der Waals surface area contributed by atoms with E-state index >= 15 is 0 Å². The molecule has 152 valence electrons. The van der Waals surface area contributed by atoms with Gasteiger partial charge in [0.25, 0.3) is 11.8 Å². The van der Waals surface area contributed by atoms with E-state index in [2.05, 4.69) is 16.0 Å². The zero-order valence-electron chi connectivity index (χ0n) is 16.4. The second kappa shape index (κ2) is 7.22. The van der Waals surface area contributed by atoms with E-state index in [0.29, 0.717) is 22.8 Å². The number of nitrogens with one attached hydrogen (secondary N) is 2. The lowest BCUT2D eigenvalue weighted by atomic mass is 10.2. The van der Waals surface area contributed by atoms with Crippen LogP contribution < -0.4 is 20.3 Å². The Balaban J connectivity index is 1.33. The fraction of sp³-hybridized carbons (Fsp3) is 0.227. The van der Waals surface area contributed by atoms with Crippen LogP contribution in [0.5, 0.6) is 11.5 Å². The second-order valence-corrected chi connectivity index (χ2v) is 7.35. The van der Waals surface area contributed by atoms with Crippen molar-refractivity contribution in [1.29, 1.82) is 0 Å². The monoisotopic (exact) mass is 404 g/mol. The SMILES string of the molecule is Cc1ccc(-n2nc(C(=O)NNC(=O)c3ccc4c(c3)OCO4)c3c2CCC3)cc1. The number of carbonyl (C=O) groups excluding carboxylic acids is 2. The Morgan fingerprint density at radius 2 is 1.73 bits per heavy atom. The minimum atomic E-state index is -0.448. The van der Waals surface area contributed by atoms with Gasteiger partial charge in [0, 0.05) is 16.8 Å². The van der Waals surface area contributed by atoms with E-state index in [0.717, 1.165) is 41.8 Å². The van der Waals surface area contributed by atoms with Crippen molar-refractivity contribution < 1.29 is 19.1 Å². The maximum Gasteiger partial charge on any atom is 0.290 e. The van der Waals surface area contributed by atoms with Gasteiger partial charge in [-0.2, -0.15) is 5.10 Å². The van der Waals surface area contributed by atoms with Gasteiger partial charge in [-0.1, -0.05) is 17.7 Å². The van der Waals surface area contributed by atoms with Crippen LogP contribution in [-0.2, 0) is 12.8 Å². The van der Waals surface area contributed by atoms with Crippen molar-refractivity contribution in [1.82, 2.24) is 20.6 Å². The normalized spacial score (nSPS) is 13.8. The highest BCUT2D eigenvalue weighted by atomic mass is 16.7. The Labute approximate surface area is 172 Å². The molecule has 1 aromatic heterocycles. The predicted octanol–water partition coefficient (Wildman–Crippen LogP) is 2.47. The molecule has 0 unspecified atom stereocenters. The zero-order valence-corrected chi connectivity index (χ0v) is 16.4. The summed E-state index contributed by atoms with van der Waals surface area (Å²) in [5.74, 6) is 0.209. The summed E-state index contributed by atoms with van der Waals surface area (Å²) in [6.07, 6.45) is 2.63. The minimum absolute atomic E-state index is 0.131. The largest absolute Gasteiger partial charge is 0.454 e. The summed E-state index contributed by atoms with van der Waals surface area (Å²) in [6, 6.07) is 12.9. The van der Waals surface area contributed by atoms with Crippen LogP contribution in [0.4, 0.5) is 0 Å². The first-order valence-electron chi connectivity index (χ1n) is 9.78. The lowest BCUT2D eigenvalue weighted by Crippen LogP contribution is -2.42. The van der Waals surface area contributed by atoms with E-state index in [9.17, 15) is 9.59 Å². The summed E-state index contributed by atoms with van der Waals surface area (Å²) in [7, 11) is 0. The summed E-state index contributed by atoms with van der Waals surface area (Å²) >= 11 is 0. The molecule has 0 spiro atoms. The van der Waals surface area contributed by atoms with Crippen molar-refractivity contribution in [3.8, 4) is 17.2 Å². The van der Waals surface area contributed by atoms with Gasteiger partial charge in [-0.3, -0.25) is 20.4 Å². The van der Waals surface area contributed by atoms with E-state index in [1.165, 1.54) is 0 Å². The number of aromatic nitrogens is 2. The molecule has 0 bridgehead atoms. The third-order valence-corrected chi connectivity index (χ3v) is 5.35. The van der Waals surface area contributed by atoms with Gasteiger partial charge in [-0.25, -0.2) is 4.68 Å². The van der Waals surface area contributed by atoms with Crippen molar-refractivity contribution in [2.75, 3.05) is 6.79 Å². The highest BCUT2D eigenvalue weighted by Crippen LogP contribution is 2.32. The van der Waals surface area contributed by atoms with Gasteiger partial charge in [0.05, 0.1) is 5.69 Å². The molecule has 2 aliphatic rings. The van der Waals surface area contributed by atoms with Crippen LogP contribution in [0.25, 0.3) is 5.69 Å². The van der Waals surface area contributed by atoms with Gasteiger partial charge in [0.15, 0.2) is 17.2 Å². The van der Waals surface area contributed by atoms with Crippen LogP contribution >= 0.6 is 0 Å². The molecule has 2 aromatic carbocycles. The Morgan fingerprint density at radius 1 is 0.967 bits per heavy atom. The summed E-state index contributed by atoms with van der Waals surface area (Å²) in [5.41, 5.74) is 9.69. The van der Waals surface area contributed by atoms with Crippen molar-refractivity contribution in [3.63, 3.8) is 0 Å². The summed E-state index contributed by atoms with van der Waals surface area (Å²) in [4.78, 5) is 25.2. The Morgan fingerprint density at radius 3 is 2.57 bits per heavy atom. The lowest BCUT2D eigenvalue weighted by Gasteiger charge is -2.08. The van der Waals surface area contributed by atoms with E-state index in [1.807, 2.05) is 35.9 Å². The van der Waals surface area contributed by atoms with E-state index in [4.69, 9.17) is 9.47 Å². The molecule has 0 atom stereocenters. The third kappa shape index (κ3) is 3.16. The Kier molecular flexibility index (Phi) is 4.39. The molecule has 30 heavy (non-hydrogen) atoms. The Bertz CT molecular complexity index is 1150. The number of hydrogen-bond donors (Lipinski definition) is 2. The van der Waals surface area contributed by atoms with Crippen LogP contribution in [0.3, 0.4) is 0 Å². The molecular weight excluding hydrogens is 384 g/mol. The number of hydrogen-bond acceptors (Lipinski definition) is 5. The van der Waals surface area contributed by atoms with Gasteiger partial charge >= 0.3 is 0 Å². The molecule has 2 heterocycles. The molecule has 1 aliphatic heterocycles. The molecule has 0 fully saturated rings. The molecule has 0 radical (unpaired) electrons. The number of benzene rings is 2. The molecule has 3 aromatic rings. The minimum Gasteiger partial charge on any atom is -0.454 e. The number of amides is 2. The predicted molar refractivity (Wildman–Crippen MR) is 108 cm³/mol. The van der Waals surface area contributed by atoms with Crippen molar-refractivity contribution in [2.24, 2.45) is 0 Å². The highest BCUT2D eigenvalue weighted by molar-refractivity contribution is 5.99. The van der Waals surface area contributed by atoms with Gasteiger partial charge in [-0.05, 0) is 56.5 Å². The summed E-state index contributed by atoms with van der Waals surface area (Å²) in [5, 5.41) is 4.55. The first-order valence-corrected chi connectivity index (χ1v) is 9.78. The van der Waals surface area contributed by atoms with E-state index < -0.39 is 11.8 Å². The molecular formula is C22H20N4O4. The number of nitrogens with zero attached hydrogens (tertiary/aromatic N) is 2. The maximum atomic E-state index is 12.8. The average Bonchev–Trinajstić information content (AvgIpc) is 3.48. The Hall–Kier alpha value is -3.81. The highest BCUT2D eigenvalue weighted by Gasteiger charge is 2.27. The number of fused-ring (bicyclic) bond motifs is 2. The molecule has 1 aliphatic carbocycles. The quantitative estimate of drug-likeness (QED) is 0.654. The van der Waals surface area contributed by atoms with Crippen LogP contribution in [-0.4, -0.2) is 28.4 Å². The zero-order chi connectivity index (χ0) is 20.7. The van der Waals surface area contributed by atoms with Crippen LogP contribution in [0.2, 0.25) is 0 Å². The number of rotatable bonds is 3. The van der Waals surface area contributed by atoms with Crippen molar-refractivity contribution in [3.05, 3.63) is 70.5 Å². The standard InChI is InChI=1S/C22H20N4O4/c1-13-5-8-15(9-6-13)26-17-4-2-3-16(17)20(25-26)22(28)24-23-21(27)14-7-10-18-19(11-14)30-12-29-18/h5-11H,2-4,12H2,1H3,(H,23,27)(H,24,28). The van der Waals surface area contributed by atoms with Crippen LogP contribution in [0.1, 0.15) is 44.1 Å². The van der Waals surface area contributed by atoms with Crippen molar-refractivity contribution >= 4 is 11.8 Å². The molecule has 8 nitrogen and oxygen atoms in total. The van der Waals surface area contributed by atoms with Crippen molar-refractivity contribution in [2.45, 2.75) is 26.2 Å². The first kappa shape index (κ1) is 18.2. The second-order valence-electron chi connectivity index (χ2n) is 7.35. The molecule has 5 rings (SSSR count). The molecule has 2 amide bonds.